The van der Waals surface area contributed by atoms with E-state index in [1.807, 2.05) is 6.92 Å². The maximum atomic E-state index is 13.2. The normalized spacial score (nSPS) is 17.0. The maximum Gasteiger partial charge on any atom is 0.272 e. The SMILES string of the molecule is CC(CO)(NC(=O)c1ccn(-c2cccc(F)c2)n1)C1CC1. The molecule has 0 saturated heterocycles. The molecule has 1 heterocycles. The monoisotopic (exact) mass is 303 g/mol. The van der Waals surface area contributed by atoms with E-state index < -0.39 is 5.54 Å². The van der Waals surface area contributed by atoms with E-state index in [1.165, 1.54) is 16.8 Å². The highest BCUT2D eigenvalue weighted by molar-refractivity contribution is 5.92. The summed E-state index contributed by atoms with van der Waals surface area (Å²) in [4.78, 5) is 12.3. The van der Waals surface area contributed by atoms with Crippen LogP contribution in [0.1, 0.15) is 30.3 Å². The highest BCUT2D eigenvalue weighted by atomic mass is 19.1. The van der Waals surface area contributed by atoms with Gasteiger partial charge in [-0.05, 0) is 49.9 Å². The number of amides is 1. The van der Waals surface area contributed by atoms with E-state index >= 15 is 0 Å². The van der Waals surface area contributed by atoms with Gasteiger partial charge in [0.05, 0.1) is 17.8 Å². The van der Waals surface area contributed by atoms with E-state index in [-0.39, 0.29) is 24.0 Å². The molecule has 2 aromatic rings. The summed E-state index contributed by atoms with van der Waals surface area (Å²) in [6, 6.07) is 7.56. The summed E-state index contributed by atoms with van der Waals surface area (Å²) in [6.45, 7) is 1.74. The fourth-order valence-corrected chi connectivity index (χ4v) is 2.52. The van der Waals surface area contributed by atoms with Crippen LogP contribution in [0, 0.1) is 11.7 Å². The van der Waals surface area contributed by atoms with Crippen LogP contribution in [0.4, 0.5) is 4.39 Å². The summed E-state index contributed by atoms with van der Waals surface area (Å²) in [7, 11) is 0. The number of hydrogen-bond donors (Lipinski definition) is 2. The molecule has 1 atom stereocenters. The molecule has 1 aliphatic carbocycles. The average Bonchev–Trinajstić information content (AvgIpc) is 3.25. The van der Waals surface area contributed by atoms with E-state index in [9.17, 15) is 14.3 Å². The number of carbonyl (C=O) groups excluding carboxylic acids is 1. The van der Waals surface area contributed by atoms with E-state index in [1.54, 1.807) is 24.4 Å². The number of aliphatic hydroxyl groups is 1. The summed E-state index contributed by atoms with van der Waals surface area (Å²) < 4.78 is 14.7. The standard InChI is InChI=1S/C16H18FN3O2/c1-16(10-21,11-5-6-11)18-15(22)14-7-8-20(19-14)13-4-2-3-12(17)9-13/h2-4,7-9,11,21H,5-6,10H2,1H3,(H,18,22). The molecule has 1 unspecified atom stereocenters. The lowest BCUT2D eigenvalue weighted by Gasteiger charge is -2.28. The Labute approximate surface area is 127 Å². The summed E-state index contributed by atoms with van der Waals surface area (Å²) in [6.07, 6.45) is 3.63. The first-order chi connectivity index (χ1) is 10.5. The van der Waals surface area contributed by atoms with E-state index in [0.717, 1.165) is 12.8 Å². The van der Waals surface area contributed by atoms with Gasteiger partial charge in [-0.25, -0.2) is 9.07 Å². The van der Waals surface area contributed by atoms with Crippen LogP contribution in [0.5, 0.6) is 0 Å². The smallest absolute Gasteiger partial charge is 0.272 e. The second kappa shape index (κ2) is 5.53. The Balaban J connectivity index is 1.77. The number of carbonyl (C=O) groups is 1. The van der Waals surface area contributed by atoms with Gasteiger partial charge in [-0.2, -0.15) is 5.10 Å². The Morgan fingerprint density at radius 1 is 1.50 bits per heavy atom. The third-order valence-corrected chi connectivity index (χ3v) is 4.10. The first-order valence-corrected chi connectivity index (χ1v) is 7.27. The van der Waals surface area contributed by atoms with Gasteiger partial charge >= 0.3 is 0 Å². The molecule has 1 saturated carbocycles. The number of aliphatic hydroxyl groups excluding tert-OH is 1. The minimum absolute atomic E-state index is 0.103. The summed E-state index contributed by atoms with van der Waals surface area (Å²) in [5.74, 6) is -0.383. The third kappa shape index (κ3) is 2.87. The molecule has 3 rings (SSSR count). The number of nitrogens with zero attached hydrogens (tertiary/aromatic N) is 2. The Bertz CT molecular complexity index is 696. The zero-order valence-electron chi connectivity index (χ0n) is 12.3. The fourth-order valence-electron chi connectivity index (χ4n) is 2.52. The number of halogens is 1. The lowest BCUT2D eigenvalue weighted by atomic mass is 9.97. The van der Waals surface area contributed by atoms with Crippen molar-refractivity contribution in [1.82, 2.24) is 15.1 Å². The van der Waals surface area contributed by atoms with Gasteiger partial charge in [0.2, 0.25) is 0 Å². The molecular weight excluding hydrogens is 285 g/mol. The number of nitrogens with one attached hydrogen (secondary N) is 1. The summed E-state index contributed by atoms with van der Waals surface area (Å²) >= 11 is 0. The highest BCUT2D eigenvalue weighted by Gasteiger charge is 2.42. The van der Waals surface area contributed by atoms with Crippen molar-refractivity contribution in [3.63, 3.8) is 0 Å². The molecule has 1 fully saturated rings. The Hall–Kier alpha value is -2.21. The van der Waals surface area contributed by atoms with Crippen molar-refractivity contribution >= 4 is 5.91 Å². The van der Waals surface area contributed by atoms with Crippen LogP contribution in [0.15, 0.2) is 36.5 Å². The van der Waals surface area contributed by atoms with Crippen molar-refractivity contribution in [3.8, 4) is 5.69 Å². The van der Waals surface area contributed by atoms with Gasteiger partial charge < -0.3 is 10.4 Å². The van der Waals surface area contributed by atoms with Gasteiger partial charge in [0.1, 0.15) is 5.82 Å². The Morgan fingerprint density at radius 3 is 2.91 bits per heavy atom. The molecule has 1 amide bonds. The molecule has 1 aromatic heterocycles. The first kappa shape index (κ1) is 14.7. The molecule has 0 spiro atoms. The van der Waals surface area contributed by atoms with Gasteiger partial charge in [-0.15, -0.1) is 0 Å². The molecule has 1 aliphatic rings. The molecule has 2 N–H and O–H groups in total. The molecule has 116 valence electrons. The number of rotatable bonds is 5. The molecular formula is C16H18FN3O2. The summed E-state index contributed by atoms with van der Waals surface area (Å²) in [5.41, 5.74) is 0.176. The zero-order chi connectivity index (χ0) is 15.7. The Morgan fingerprint density at radius 2 is 2.27 bits per heavy atom. The Kier molecular flexibility index (Phi) is 3.70. The van der Waals surface area contributed by atoms with Crippen LogP contribution in [0.2, 0.25) is 0 Å². The minimum Gasteiger partial charge on any atom is -0.394 e. The zero-order valence-corrected chi connectivity index (χ0v) is 12.3. The first-order valence-electron chi connectivity index (χ1n) is 7.27. The van der Waals surface area contributed by atoms with Crippen LogP contribution in [-0.2, 0) is 0 Å². The maximum absolute atomic E-state index is 13.2. The van der Waals surface area contributed by atoms with Crippen molar-refractivity contribution in [2.45, 2.75) is 25.3 Å². The van der Waals surface area contributed by atoms with Crippen molar-refractivity contribution in [3.05, 3.63) is 48.0 Å². The van der Waals surface area contributed by atoms with Gasteiger partial charge in [0, 0.05) is 6.20 Å². The molecule has 0 radical (unpaired) electrons. The molecule has 5 nitrogen and oxygen atoms in total. The van der Waals surface area contributed by atoms with Crippen LogP contribution in [0.3, 0.4) is 0 Å². The van der Waals surface area contributed by atoms with Gasteiger partial charge in [0.25, 0.3) is 5.91 Å². The van der Waals surface area contributed by atoms with Gasteiger partial charge in [-0.3, -0.25) is 4.79 Å². The van der Waals surface area contributed by atoms with Crippen molar-refractivity contribution in [1.29, 1.82) is 0 Å². The number of benzene rings is 1. The third-order valence-electron chi connectivity index (χ3n) is 4.10. The minimum atomic E-state index is -0.611. The van der Waals surface area contributed by atoms with Crippen molar-refractivity contribution < 1.29 is 14.3 Å². The second-order valence-electron chi connectivity index (χ2n) is 5.93. The number of aromatic nitrogens is 2. The quantitative estimate of drug-likeness (QED) is 0.886. The molecule has 0 bridgehead atoms. The van der Waals surface area contributed by atoms with Gasteiger partial charge in [0.15, 0.2) is 5.69 Å². The molecule has 22 heavy (non-hydrogen) atoms. The predicted octanol–water partition coefficient (Wildman–Crippen LogP) is 1.90. The lowest BCUT2D eigenvalue weighted by Crippen LogP contribution is -2.50. The molecule has 0 aliphatic heterocycles. The van der Waals surface area contributed by atoms with Crippen molar-refractivity contribution in [2.75, 3.05) is 6.61 Å². The van der Waals surface area contributed by atoms with Crippen molar-refractivity contribution in [2.24, 2.45) is 5.92 Å². The van der Waals surface area contributed by atoms with Crippen LogP contribution < -0.4 is 5.32 Å². The van der Waals surface area contributed by atoms with E-state index in [4.69, 9.17) is 0 Å². The summed E-state index contributed by atoms with van der Waals surface area (Å²) in [5, 5.41) is 16.6. The van der Waals surface area contributed by atoms with E-state index in [2.05, 4.69) is 10.4 Å². The van der Waals surface area contributed by atoms with Crippen LogP contribution >= 0.6 is 0 Å². The van der Waals surface area contributed by atoms with Crippen LogP contribution in [0.25, 0.3) is 5.69 Å². The van der Waals surface area contributed by atoms with Gasteiger partial charge in [-0.1, -0.05) is 6.07 Å². The average molecular weight is 303 g/mol. The highest BCUT2D eigenvalue weighted by Crippen LogP contribution is 2.39. The largest absolute Gasteiger partial charge is 0.394 e. The molecule has 1 aromatic carbocycles. The van der Waals surface area contributed by atoms with E-state index in [0.29, 0.717) is 11.6 Å². The van der Waals surface area contributed by atoms with Crippen LogP contribution in [-0.4, -0.2) is 32.9 Å². The second-order valence-corrected chi connectivity index (χ2v) is 5.93. The topological polar surface area (TPSA) is 67.2 Å². The fraction of sp³-hybridized carbons (Fsp3) is 0.375. The number of hydrogen-bond acceptors (Lipinski definition) is 3. The predicted molar refractivity (Wildman–Crippen MR) is 79.2 cm³/mol. The molecule has 6 heteroatoms. The lowest BCUT2D eigenvalue weighted by molar-refractivity contribution is 0.0819.